The first kappa shape index (κ1) is 24.7. The molecule has 6 atom stereocenters. The minimum absolute atomic E-state index is 0.212. The Balaban J connectivity index is 2.02. The van der Waals surface area contributed by atoms with E-state index in [9.17, 15) is 14.4 Å². The molecule has 2 N–H and O–H groups in total. The van der Waals surface area contributed by atoms with E-state index in [1.165, 1.54) is 13.4 Å². The SMILES string of the molecule is B=CC1CCC(B)(B)CCC1(B)C1COC=C(C2=C(/C(=C/B)OC)S(=O)OC2O)C1O. The number of methoxy groups -OCH3 is 1. The molecule has 2 aliphatic heterocycles. The van der Waals surface area contributed by atoms with E-state index in [0.717, 1.165) is 25.7 Å². The average Bonchev–Trinajstić information content (AvgIpc) is 2.94. The Hall–Kier alpha value is -0.955. The van der Waals surface area contributed by atoms with Crippen molar-refractivity contribution in [1.82, 2.24) is 0 Å². The molecule has 31 heavy (non-hydrogen) atoms. The van der Waals surface area contributed by atoms with Crippen LogP contribution in [0.5, 0.6) is 0 Å². The number of rotatable bonds is 5. The Labute approximate surface area is 192 Å². The molecule has 0 saturated heterocycles. The molecule has 12 heteroatoms. The fourth-order valence-corrected chi connectivity index (χ4v) is 6.37. The predicted octanol–water partition coefficient (Wildman–Crippen LogP) is -2.67. The van der Waals surface area contributed by atoms with Crippen LogP contribution >= 0.6 is 0 Å². The summed E-state index contributed by atoms with van der Waals surface area (Å²) < 4.78 is 28.9. The summed E-state index contributed by atoms with van der Waals surface area (Å²) in [6.07, 6.45) is 3.21. The second-order valence-corrected chi connectivity index (χ2v) is 10.9. The van der Waals surface area contributed by atoms with Crippen LogP contribution in [0, 0.1) is 11.8 Å². The summed E-state index contributed by atoms with van der Waals surface area (Å²) in [6.45, 7) is 0.370. The Morgan fingerprint density at radius 3 is 2.65 bits per heavy atom. The van der Waals surface area contributed by atoms with Crippen molar-refractivity contribution in [3.05, 3.63) is 34.0 Å². The second-order valence-electron chi connectivity index (χ2n) is 9.79. The van der Waals surface area contributed by atoms with Crippen LogP contribution in [0.25, 0.3) is 0 Å². The molecule has 0 bridgehead atoms. The van der Waals surface area contributed by atoms with Gasteiger partial charge in [0.1, 0.15) is 0 Å². The third-order valence-corrected chi connectivity index (χ3v) is 8.60. The number of hydrogen-bond donors (Lipinski definition) is 2. The maximum atomic E-state index is 12.6. The normalized spacial score (nSPS) is 38.7. The zero-order chi connectivity index (χ0) is 23.0. The molecule has 0 spiro atoms. The van der Waals surface area contributed by atoms with Gasteiger partial charge in [0.05, 0.1) is 0 Å². The van der Waals surface area contributed by atoms with Crippen molar-refractivity contribution in [2.45, 2.75) is 48.6 Å². The molecule has 6 nitrogen and oxygen atoms in total. The van der Waals surface area contributed by atoms with Crippen LogP contribution in [-0.4, -0.2) is 85.4 Å². The third-order valence-electron chi connectivity index (χ3n) is 7.49. The van der Waals surface area contributed by atoms with Crippen LogP contribution in [0.3, 0.4) is 0 Å². The molecule has 1 aliphatic carbocycles. The first-order valence-corrected chi connectivity index (χ1v) is 12.0. The fraction of sp³-hybridized carbons (Fsp3) is 0.632. The number of ether oxygens (including phenoxy) is 2. The molecule has 1 fully saturated rings. The zero-order valence-corrected chi connectivity index (χ0v) is 20.0. The summed E-state index contributed by atoms with van der Waals surface area (Å²) in [4.78, 5) is 0.236. The Morgan fingerprint density at radius 1 is 1.32 bits per heavy atom. The van der Waals surface area contributed by atoms with E-state index in [0.29, 0.717) is 17.9 Å². The van der Waals surface area contributed by atoms with E-state index in [1.54, 1.807) is 13.8 Å². The van der Waals surface area contributed by atoms with Gasteiger partial charge in [0.15, 0.2) is 0 Å². The summed E-state index contributed by atoms with van der Waals surface area (Å²) in [5.41, 5.74) is 0.659. The van der Waals surface area contributed by atoms with E-state index >= 15 is 0 Å². The second kappa shape index (κ2) is 9.50. The Bertz CT molecular complexity index is 844. The average molecular weight is 442 g/mol. The molecule has 0 aromatic heterocycles. The van der Waals surface area contributed by atoms with Crippen molar-refractivity contribution in [2.24, 2.45) is 11.8 Å². The molecular weight excluding hydrogens is 410 g/mol. The monoisotopic (exact) mass is 442 g/mol. The van der Waals surface area contributed by atoms with Crippen LogP contribution in [-0.2, 0) is 24.7 Å². The summed E-state index contributed by atoms with van der Waals surface area (Å²) in [7, 11) is 14.1. The van der Waals surface area contributed by atoms with Gasteiger partial charge in [-0.05, 0) is 0 Å². The van der Waals surface area contributed by atoms with E-state index in [2.05, 4.69) is 31.0 Å². The molecule has 3 rings (SSSR count). The van der Waals surface area contributed by atoms with Crippen LogP contribution in [0.2, 0.25) is 10.5 Å². The summed E-state index contributed by atoms with van der Waals surface area (Å²) in [6, 6.07) is 0. The third kappa shape index (κ3) is 4.59. The van der Waals surface area contributed by atoms with Crippen LogP contribution in [0.15, 0.2) is 34.0 Å². The number of aliphatic hydroxyl groups excluding tert-OH is 2. The summed E-state index contributed by atoms with van der Waals surface area (Å²) in [5, 5.41) is 22.1. The van der Waals surface area contributed by atoms with Gasteiger partial charge in [-0.15, -0.1) is 0 Å². The van der Waals surface area contributed by atoms with Gasteiger partial charge in [-0.2, -0.15) is 0 Å². The molecule has 6 unspecified atom stereocenters. The van der Waals surface area contributed by atoms with Crippen LogP contribution in [0.4, 0.5) is 0 Å². The van der Waals surface area contributed by atoms with Gasteiger partial charge in [-0.3, -0.25) is 0 Å². The van der Waals surface area contributed by atoms with Gasteiger partial charge in [-0.1, -0.05) is 0 Å². The van der Waals surface area contributed by atoms with Crippen LogP contribution in [0.1, 0.15) is 25.7 Å². The van der Waals surface area contributed by atoms with Crippen molar-refractivity contribution in [2.75, 3.05) is 13.7 Å². The van der Waals surface area contributed by atoms with E-state index in [4.69, 9.17) is 13.7 Å². The van der Waals surface area contributed by atoms with E-state index in [-0.39, 0.29) is 32.8 Å². The molecule has 3 aliphatic rings. The van der Waals surface area contributed by atoms with Crippen molar-refractivity contribution in [3.8, 4) is 0 Å². The van der Waals surface area contributed by atoms with Crippen molar-refractivity contribution >= 4 is 55.9 Å². The van der Waals surface area contributed by atoms with Gasteiger partial charge in [-0.25, -0.2) is 0 Å². The summed E-state index contributed by atoms with van der Waals surface area (Å²) in [5.74, 6) is 4.03. The standard InChI is InChI=1S/C19H31B5O6S/c1-28-13(7-21)16-14(17(26)30-31(16)27)11-8-29-9-12(15(11)25)19(24)5-4-18(22,23)3-2-10(19)6-20/h6-8,10,12,15,17,20,25-26H,2-5,9,21-24H2,1H3/b13-7-. The summed E-state index contributed by atoms with van der Waals surface area (Å²) >= 11 is -1.90. The predicted molar refractivity (Wildman–Crippen MR) is 136 cm³/mol. The fourth-order valence-electron chi connectivity index (χ4n) is 5.25. The molecular formula is C19H31B5O6S. The van der Waals surface area contributed by atoms with Crippen LogP contribution < -0.4 is 0 Å². The van der Waals surface area contributed by atoms with Gasteiger partial charge in [0, 0.05) is 0 Å². The Kier molecular flexibility index (Phi) is 7.56. The van der Waals surface area contributed by atoms with Gasteiger partial charge in [0.25, 0.3) is 0 Å². The van der Waals surface area contributed by atoms with E-state index < -0.39 is 23.5 Å². The van der Waals surface area contributed by atoms with E-state index in [1.807, 2.05) is 5.97 Å². The molecule has 1 saturated carbocycles. The quantitative estimate of drug-likeness (QED) is 0.275. The molecule has 0 aromatic carbocycles. The van der Waals surface area contributed by atoms with Gasteiger partial charge < -0.3 is 0 Å². The first-order valence-electron chi connectivity index (χ1n) is 10.9. The number of aliphatic hydroxyl groups is 2. The molecule has 164 valence electrons. The minimum atomic E-state index is -1.90. The van der Waals surface area contributed by atoms with Gasteiger partial charge >= 0.3 is 192 Å². The molecule has 2 heterocycles. The topological polar surface area (TPSA) is 85.2 Å². The Morgan fingerprint density at radius 2 is 2.03 bits per heavy atom. The van der Waals surface area contributed by atoms with Gasteiger partial charge in [0.2, 0.25) is 0 Å². The maximum absolute atomic E-state index is 12.6. The van der Waals surface area contributed by atoms with Crippen molar-refractivity contribution in [3.63, 3.8) is 0 Å². The van der Waals surface area contributed by atoms with Crippen molar-refractivity contribution in [1.29, 1.82) is 0 Å². The first-order chi connectivity index (χ1) is 14.6. The molecule has 0 aromatic rings. The molecule has 0 radical (unpaired) electrons. The molecule has 0 amide bonds. The number of hydrogen-bond acceptors (Lipinski definition) is 6. The zero-order valence-electron chi connectivity index (χ0n) is 19.2. The van der Waals surface area contributed by atoms with Crippen molar-refractivity contribution < 1.29 is 28.1 Å².